The van der Waals surface area contributed by atoms with E-state index < -0.39 is 17.5 Å². The van der Waals surface area contributed by atoms with Crippen molar-refractivity contribution in [1.29, 1.82) is 0 Å². The number of rotatable bonds is 4. The van der Waals surface area contributed by atoms with Crippen LogP contribution in [0.5, 0.6) is 0 Å². The molecule has 0 spiro atoms. The number of hydrogen-bond acceptors (Lipinski definition) is 3. The van der Waals surface area contributed by atoms with Crippen molar-refractivity contribution in [2.75, 3.05) is 6.61 Å². The van der Waals surface area contributed by atoms with E-state index in [0.29, 0.717) is 0 Å². The van der Waals surface area contributed by atoms with Gasteiger partial charge < -0.3 is 9.84 Å². The third kappa shape index (κ3) is 3.53. The third-order valence-electron chi connectivity index (χ3n) is 1.88. The molecule has 0 bridgehead atoms. The van der Waals surface area contributed by atoms with Crippen molar-refractivity contribution < 1.29 is 14.6 Å². The molecule has 0 aliphatic heterocycles. The van der Waals surface area contributed by atoms with Crippen molar-refractivity contribution in [1.82, 2.24) is 0 Å². The fraction of sp³-hybridized carbons (Fsp3) is 0.667. The molecular formula is C9H16O3. The van der Waals surface area contributed by atoms with Crippen LogP contribution in [0.25, 0.3) is 0 Å². The highest BCUT2D eigenvalue weighted by Crippen LogP contribution is 2.20. The number of aliphatic hydroxyl groups is 1. The summed E-state index contributed by atoms with van der Waals surface area (Å²) in [7, 11) is 0. The predicted molar refractivity (Wildman–Crippen MR) is 46.6 cm³/mol. The zero-order valence-electron chi connectivity index (χ0n) is 7.83. The Hall–Kier alpha value is -0.830. The van der Waals surface area contributed by atoms with E-state index in [4.69, 9.17) is 4.74 Å². The van der Waals surface area contributed by atoms with E-state index in [2.05, 4.69) is 6.58 Å². The van der Waals surface area contributed by atoms with Gasteiger partial charge in [-0.1, -0.05) is 20.4 Å². The Labute approximate surface area is 73.0 Å². The van der Waals surface area contributed by atoms with Gasteiger partial charge in [-0.05, 0) is 6.92 Å². The smallest absolute Gasteiger partial charge is 0.330 e. The average molecular weight is 172 g/mol. The minimum atomic E-state index is -0.505. The predicted octanol–water partition coefficient (Wildman–Crippen LogP) is 1.12. The van der Waals surface area contributed by atoms with Gasteiger partial charge in [-0.2, -0.15) is 0 Å². The van der Waals surface area contributed by atoms with Crippen LogP contribution < -0.4 is 0 Å². The molecule has 0 aromatic heterocycles. The van der Waals surface area contributed by atoms with E-state index in [0.717, 1.165) is 6.08 Å². The molecule has 0 amide bonds. The lowest BCUT2D eigenvalue weighted by Crippen LogP contribution is -2.32. The van der Waals surface area contributed by atoms with Gasteiger partial charge in [0.05, 0.1) is 12.7 Å². The molecular weight excluding hydrogens is 156 g/mol. The van der Waals surface area contributed by atoms with Gasteiger partial charge in [-0.15, -0.1) is 0 Å². The summed E-state index contributed by atoms with van der Waals surface area (Å²) in [6, 6.07) is 0. The topological polar surface area (TPSA) is 46.5 Å². The lowest BCUT2D eigenvalue weighted by molar-refractivity contribution is -0.142. The van der Waals surface area contributed by atoms with Gasteiger partial charge in [-0.25, -0.2) is 4.79 Å². The van der Waals surface area contributed by atoms with E-state index in [9.17, 15) is 9.90 Å². The summed E-state index contributed by atoms with van der Waals surface area (Å²) in [6.45, 7) is 8.80. The molecule has 70 valence electrons. The normalized spacial score (nSPS) is 13.7. The van der Waals surface area contributed by atoms with E-state index in [-0.39, 0.29) is 6.61 Å². The number of carbonyl (C=O) groups is 1. The first-order chi connectivity index (χ1) is 5.40. The second kappa shape index (κ2) is 4.26. The molecule has 0 radical (unpaired) electrons. The highest BCUT2D eigenvalue weighted by molar-refractivity contribution is 5.81. The zero-order valence-corrected chi connectivity index (χ0v) is 7.83. The number of hydrogen-bond donors (Lipinski definition) is 1. The number of aliphatic hydroxyl groups excluding tert-OH is 1. The molecule has 0 aliphatic rings. The van der Waals surface area contributed by atoms with Gasteiger partial charge in [0.1, 0.15) is 0 Å². The molecule has 1 atom stereocenters. The van der Waals surface area contributed by atoms with Gasteiger partial charge in [0.15, 0.2) is 0 Å². The second-order valence-corrected chi connectivity index (χ2v) is 3.48. The fourth-order valence-corrected chi connectivity index (χ4v) is 0.437. The Morgan fingerprint density at radius 1 is 1.75 bits per heavy atom. The molecule has 3 heteroatoms. The molecule has 1 N–H and O–H groups in total. The van der Waals surface area contributed by atoms with Crippen LogP contribution in [-0.2, 0) is 9.53 Å². The average Bonchev–Trinajstić information content (AvgIpc) is 2.00. The van der Waals surface area contributed by atoms with E-state index in [1.54, 1.807) is 6.92 Å². The maximum Gasteiger partial charge on any atom is 0.330 e. The van der Waals surface area contributed by atoms with Crippen molar-refractivity contribution in [3.05, 3.63) is 12.7 Å². The number of ether oxygens (including phenoxy) is 1. The molecule has 1 unspecified atom stereocenters. The molecule has 0 aromatic carbocycles. The zero-order chi connectivity index (χ0) is 9.78. The standard InChI is InChI=1S/C9H16O3/c1-5-8(11)12-6-9(3,4)7(2)10/h5,7,10H,1,6H2,2-4H3. The van der Waals surface area contributed by atoms with Gasteiger partial charge in [-0.3, -0.25) is 0 Å². The minimum absolute atomic E-state index is 0.204. The Morgan fingerprint density at radius 3 is 2.58 bits per heavy atom. The van der Waals surface area contributed by atoms with Crippen LogP contribution in [0.15, 0.2) is 12.7 Å². The molecule has 0 aliphatic carbocycles. The summed E-state index contributed by atoms with van der Waals surface area (Å²) < 4.78 is 4.80. The van der Waals surface area contributed by atoms with Crippen LogP contribution in [0.4, 0.5) is 0 Å². The molecule has 0 fully saturated rings. The first-order valence-corrected chi connectivity index (χ1v) is 3.87. The summed E-state index contributed by atoms with van der Waals surface area (Å²) in [5, 5.41) is 9.25. The Kier molecular flexibility index (Phi) is 3.96. The first-order valence-electron chi connectivity index (χ1n) is 3.87. The van der Waals surface area contributed by atoms with Crippen LogP contribution in [0, 0.1) is 5.41 Å². The van der Waals surface area contributed by atoms with Crippen LogP contribution in [0.1, 0.15) is 20.8 Å². The van der Waals surface area contributed by atoms with Crippen LogP contribution in [0.3, 0.4) is 0 Å². The largest absolute Gasteiger partial charge is 0.462 e. The van der Waals surface area contributed by atoms with Crippen molar-refractivity contribution >= 4 is 5.97 Å². The molecule has 0 rings (SSSR count). The summed E-state index contributed by atoms with van der Waals surface area (Å²) in [6.07, 6.45) is 0.605. The van der Waals surface area contributed by atoms with Crippen molar-refractivity contribution in [2.24, 2.45) is 5.41 Å². The Bertz CT molecular complexity index is 171. The van der Waals surface area contributed by atoms with Crippen molar-refractivity contribution in [3.63, 3.8) is 0 Å². The highest BCUT2D eigenvalue weighted by Gasteiger charge is 2.25. The summed E-state index contributed by atoms with van der Waals surface area (Å²) in [5.41, 5.74) is -0.404. The van der Waals surface area contributed by atoms with Gasteiger partial charge in [0, 0.05) is 11.5 Å². The first kappa shape index (κ1) is 11.2. The number of esters is 1. The third-order valence-corrected chi connectivity index (χ3v) is 1.88. The van der Waals surface area contributed by atoms with E-state index in [1.165, 1.54) is 0 Å². The molecule has 0 saturated heterocycles. The Morgan fingerprint density at radius 2 is 2.25 bits per heavy atom. The maximum atomic E-state index is 10.7. The second-order valence-electron chi connectivity index (χ2n) is 3.48. The highest BCUT2D eigenvalue weighted by atomic mass is 16.5. The molecule has 0 heterocycles. The molecule has 12 heavy (non-hydrogen) atoms. The van der Waals surface area contributed by atoms with Crippen molar-refractivity contribution in [3.8, 4) is 0 Å². The van der Waals surface area contributed by atoms with Gasteiger partial charge >= 0.3 is 5.97 Å². The van der Waals surface area contributed by atoms with Crippen LogP contribution in [0.2, 0.25) is 0 Å². The van der Waals surface area contributed by atoms with Crippen LogP contribution in [-0.4, -0.2) is 23.8 Å². The quantitative estimate of drug-likeness (QED) is 0.510. The lowest BCUT2D eigenvalue weighted by atomic mass is 9.89. The van der Waals surface area contributed by atoms with Crippen molar-refractivity contribution in [2.45, 2.75) is 26.9 Å². The van der Waals surface area contributed by atoms with Crippen LogP contribution >= 0.6 is 0 Å². The van der Waals surface area contributed by atoms with Gasteiger partial charge in [0.2, 0.25) is 0 Å². The monoisotopic (exact) mass is 172 g/mol. The fourth-order valence-electron chi connectivity index (χ4n) is 0.437. The Balaban J connectivity index is 3.91. The molecule has 0 aromatic rings. The maximum absolute atomic E-state index is 10.7. The van der Waals surface area contributed by atoms with E-state index in [1.807, 2.05) is 13.8 Å². The lowest BCUT2D eigenvalue weighted by Gasteiger charge is -2.26. The van der Waals surface area contributed by atoms with E-state index >= 15 is 0 Å². The SMILES string of the molecule is C=CC(=O)OCC(C)(C)C(C)O. The summed E-state index contributed by atoms with van der Waals surface area (Å²) >= 11 is 0. The minimum Gasteiger partial charge on any atom is -0.462 e. The molecule has 3 nitrogen and oxygen atoms in total. The number of carbonyl (C=O) groups excluding carboxylic acids is 1. The summed E-state index contributed by atoms with van der Waals surface area (Å²) in [4.78, 5) is 10.7. The van der Waals surface area contributed by atoms with Gasteiger partial charge in [0.25, 0.3) is 0 Å². The molecule has 0 saturated carbocycles. The summed E-state index contributed by atoms with van der Waals surface area (Å²) in [5.74, 6) is -0.455.